The van der Waals surface area contributed by atoms with E-state index >= 15 is 8.78 Å². The Labute approximate surface area is 233 Å². The second kappa shape index (κ2) is 11.8. The maximum absolute atomic E-state index is 15.6. The van der Waals surface area contributed by atoms with Crippen molar-refractivity contribution in [3.05, 3.63) is 65.2 Å². The summed E-state index contributed by atoms with van der Waals surface area (Å²) in [5.41, 5.74) is -2.59. The number of carbonyl (C=O) groups excluding carboxylic acids is 1. The van der Waals surface area contributed by atoms with Crippen molar-refractivity contribution < 1.29 is 31.1 Å². The molecule has 0 radical (unpaired) electrons. The van der Waals surface area contributed by atoms with E-state index in [0.717, 1.165) is 44.1 Å². The fourth-order valence-corrected chi connectivity index (χ4v) is 5.22. The van der Waals surface area contributed by atoms with Gasteiger partial charge in [0.2, 0.25) is 5.88 Å². The summed E-state index contributed by atoms with van der Waals surface area (Å²) >= 11 is 0. The summed E-state index contributed by atoms with van der Waals surface area (Å²) in [5.74, 6) is -4.62. The van der Waals surface area contributed by atoms with Crippen molar-refractivity contribution in [2.45, 2.75) is 11.3 Å². The average Bonchev–Trinajstić information content (AvgIpc) is 3.38. The van der Waals surface area contributed by atoms with Crippen LogP contribution in [0.2, 0.25) is 0 Å². The Kier molecular flexibility index (Phi) is 8.45. The quantitative estimate of drug-likeness (QED) is 0.239. The molecule has 2 aromatic heterocycles. The second-order valence-electron chi connectivity index (χ2n) is 9.07. The van der Waals surface area contributed by atoms with Gasteiger partial charge in [0.05, 0.1) is 23.9 Å². The van der Waals surface area contributed by atoms with E-state index in [9.17, 15) is 17.6 Å². The van der Waals surface area contributed by atoms with Crippen LogP contribution in [0.25, 0.3) is 22.0 Å². The fourth-order valence-electron chi connectivity index (χ4n) is 4.02. The summed E-state index contributed by atoms with van der Waals surface area (Å²) in [5, 5.41) is 18.2. The maximum Gasteiger partial charge on any atom is 0.269 e. The second-order valence-corrected chi connectivity index (χ2v) is 10.7. The van der Waals surface area contributed by atoms with Crippen LogP contribution in [-0.4, -0.2) is 68.7 Å². The number of aromatic amines is 1. The van der Waals surface area contributed by atoms with Gasteiger partial charge in [0.1, 0.15) is 23.1 Å². The number of amides is 1. The third-order valence-electron chi connectivity index (χ3n) is 5.99. The molecule has 0 aliphatic rings. The number of ether oxygens (including phenoxy) is 1. The normalized spacial score (nSPS) is 11.5. The van der Waals surface area contributed by atoms with Gasteiger partial charge in [-0.05, 0) is 51.3 Å². The minimum Gasteiger partial charge on any atom is -0.480 e. The van der Waals surface area contributed by atoms with E-state index in [-0.39, 0.29) is 28.0 Å². The Morgan fingerprint density at radius 3 is 2.61 bits per heavy atom. The highest BCUT2D eigenvalue weighted by Gasteiger charge is 2.27. The van der Waals surface area contributed by atoms with Gasteiger partial charge < -0.3 is 15.0 Å². The first-order chi connectivity index (χ1) is 19.5. The van der Waals surface area contributed by atoms with Gasteiger partial charge in [0.25, 0.3) is 15.9 Å². The minimum absolute atomic E-state index is 0.0279. The van der Waals surface area contributed by atoms with Gasteiger partial charge in [-0.15, -0.1) is 0 Å². The number of anilines is 1. The van der Waals surface area contributed by atoms with E-state index in [1.54, 1.807) is 6.07 Å². The van der Waals surface area contributed by atoms with E-state index in [2.05, 4.69) is 20.5 Å². The van der Waals surface area contributed by atoms with Crippen LogP contribution in [-0.2, 0) is 10.0 Å². The molecule has 2 heterocycles. The van der Waals surface area contributed by atoms with Crippen molar-refractivity contribution in [1.82, 2.24) is 25.4 Å². The van der Waals surface area contributed by atoms with Crippen LogP contribution in [0, 0.1) is 28.8 Å². The SMILES string of the molecule is COc1ncc(C#N)cc1S(=O)(=O)Nc1ccc(F)c(-c2ccc3c(C(=O)NCCCN(C)C)[nH]nc3c2F)c1F. The number of pyridine rings is 1. The van der Waals surface area contributed by atoms with Crippen LogP contribution in [0.4, 0.5) is 18.9 Å². The predicted octanol–water partition coefficient (Wildman–Crippen LogP) is 3.40. The van der Waals surface area contributed by atoms with Crippen LogP contribution < -0.4 is 14.8 Å². The standard InChI is InChI=1S/C26H24F3N7O4S/c1-36(2)10-4-9-31-25(37)24-16-6-5-15(21(28)23(16)33-34-24)20-17(27)7-8-18(22(20)29)35-41(38,39)19-11-14(12-30)13-32-26(19)40-3/h5-8,11,13,35H,4,9-10H2,1-3H3,(H,31,37)(H,33,34). The Hall–Kier alpha value is -4.68. The topological polar surface area (TPSA) is 153 Å². The highest BCUT2D eigenvalue weighted by molar-refractivity contribution is 7.92. The molecule has 41 heavy (non-hydrogen) atoms. The molecular formula is C26H24F3N7O4S. The summed E-state index contributed by atoms with van der Waals surface area (Å²) in [6.45, 7) is 1.10. The molecule has 15 heteroatoms. The third kappa shape index (κ3) is 5.93. The minimum atomic E-state index is -4.60. The Morgan fingerprint density at radius 1 is 1.17 bits per heavy atom. The van der Waals surface area contributed by atoms with Crippen molar-refractivity contribution in [3.63, 3.8) is 0 Å². The number of nitrogens with one attached hydrogen (secondary N) is 3. The molecule has 0 spiro atoms. The number of rotatable bonds is 10. The van der Waals surface area contributed by atoms with Crippen LogP contribution in [0.3, 0.4) is 0 Å². The molecule has 1 amide bonds. The molecule has 0 unspecified atom stereocenters. The number of hydrogen-bond donors (Lipinski definition) is 3. The van der Waals surface area contributed by atoms with Gasteiger partial charge in [0, 0.05) is 23.7 Å². The lowest BCUT2D eigenvalue weighted by Gasteiger charge is -2.14. The number of carbonyl (C=O) groups is 1. The van der Waals surface area contributed by atoms with Crippen molar-refractivity contribution in [1.29, 1.82) is 5.26 Å². The Morgan fingerprint density at radius 2 is 1.93 bits per heavy atom. The fraction of sp³-hybridized carbons (Fsp3) is 0.231. The van der Waals surface area contributed by atoms with E-state index in [1.807, 2.05) is 23.7 Å². The average molecular weight is 588 g/mol. The summed E-state index contributed by atoms with van der Waals surface area (Å²) in [4.78, 5) is 17.7. The van der Waals surface area contributed by atoms with Gasteiger partial charge in [-0.2, -0.15) is 10.4 Å². The van der Waals surface area contributed by atoms with Crippen molar-refractivity contribution in [3.8, 4) is 23.1 Å². The van der Waals surface area contributed by atoms with Crippen LogP contribution in [0.5, 0.6) is 5.88 Å². The summed E-state index contributed by atoms with van der Waals surface area (Å²) in [7, 11) is 0.339. The molecular weight excluding hydrogens is 563 g/mol. The number of methoxy groups -OCH3 is 1. The highest BCUT2D eigenvalue weighted by Crippen LogP contribution is 2.36. The summed E-state index contributed by atoms with van der Waals surface area (Å²) in [6, 6.07) is 6.65. The zero-order valence-electron chi connectivity index (χ0n) is 22.0. The first-order valence-electron chi connectivity index (χ1n) is 12.0. The largest absolute Gasteiger partial charge is 0.480 e. The molecule has 4 rings (SSSR count). The van der Waals surface area contributed by atoms with Gasteiger partial charge in [-0.1, -0.05) is 6.07 Å². The van der Waals surface area contributed by atoms with Gasteiger partial charge in [0.15, 0.2) is 16.5 Å². The van der Waals surface area contributed by atoms with Crippen LogP contribution in [0.1, 0.15) is 22.5 Å². The number of sulfonamides is 1. The number of benzene rings is 2. The molecule has 0 saturated heterocycles. The Bertz CT molecular complexity index is 1790. The first kappa shape index (κ1) is 29.3. The number of aromatic nitrogens is 3. The van der Waals surface area contributed by atoms with Gasteiger partial charge in [-0.3, -0.25) is 14.6 Å². The summed E-state index contributed by atoms with van der Waals surface area (Å²) < 4.78 is 79.0. The lowest BCUT2D eigenvalue weighted by Crippen LogP contribution is -2.27. The van der Waals surface area contributed by atoms with Crippen LogP contribution >= 0.6 is 0 Å². The van der Waals surface area contributed by atoms with Gasteiger partial charge in [-0.25, -0.2) is 26.6 Å². The number of nitriles is 1. The number of halogens is 3. The number of hydrogen-bond acceptors (Lipinski definition) is 8. The molecule has 2 aromatic carbocycles. The smallest absolute Gasteiger partial charge is 0.269 e. The highest BCUT2D eigenvalue weighted by atomic mass is 32.2. The third-order valence-corrected chi connectivity index (χ3v) is 7.35. The lowest BCUT2D eigenvalue weighted by molar-refractivity contribution is 0.0949. The van der Waals surface area contributed by atoms with E-state index in [0.29, 0.717) is 13.0 Å². The maximum atomic E-state index is 15.6. The number of nitrogens with zero attached hydrogens (tertiary/aromatic N) is 4. The molecule has 214 valence electrons. The monoisotopic (exact) mass is 587 g/mol. The summed E-state index contributed by atoms with van der Waals surface area (Å²) in [6.07, 6.45) is 1.76. The number of fused-ring (bicyclic) bond motifs is 1. The van der Waals surface area contributed by atoms with Gasteiger partial charge >= 0.3 is 0 Å². The van der Waals surface area contributed by atoms with Crippen LogP contribution in [0.15, 0.2) is 41.4 Å². The zero-order valence-corrected chi connectivity index (χ0v) is 22.9. The molecule has 0 atom stereocenters. The predicted molar refractivity (Wildman–Crippen MR) is 143 cm³/mol. The van der Waals surface area contributed by atoms with Crippen molar-refractivity contribution >= 4 is 32.5 Å². The van der Waals surface area contributed by atoms with E-state index in [4.69, 9.17) is 10.00 Å². The Balaban J connectivity index is 1.69. The molecule has 0 aliphatic heterocycles. The van der Waals surface area contributed by atoms with E-state index in [1.165, 1.54) is 6.07 Å². The molecule has 0 aliphatic carbocycles. The van der Waals surface area contributed by atoms with E-state index < -0.39 is 55.1 Å². The lowest BCUT2D eigenvalue weighted by atomic mass is 10.0. The molecule has 0 fully saturated rings. The molecule has 0 saturated carbocycles. The molecule has 11 nitrogen and oxygen atoms in total. The zero-order chi connectivity index (χ0) is 29.9. The number of H-pyrrole nitrogens is 1. The molecule has 4 aromatic rings. The molecule has 3 N–H and O–H groups in total. The van der Waals surface area contributed by atoms with Crippen molar-refractivity contribution in [2.75, 3.05) is 39.0 Å². The molecule has 0 bridgehead atoms. The first-order valence-corrected chi connectivity index (χ1v) is 13.5. The van der Waals surface area contributed by atoms with Crippen molar-refractivity contribution in [2.24, 2.45) is 0 Å².